The number of hydrogen-bond acceptors (Lipinski definition) is 2. The standard InChI is InChI=1S/C16H29NOSi/c1-5-19(6-2,7-3)15-17(14-18-4)13-16-11-9-8-10-12-16/h8-12H,5-7,13-15H2,1-4H3. The molecule has 108 valence electrons. The number of hydrogen-bond donors (Lipinski definition) is 0. The van der Waals surface area contributed by atoms with Crippen LogP contribution in [-0.4, -0.2) is 33.0 Å². The Bertz CT molecular complexity index is 330. The molecule has 19 heavy (non-hydrogen) atoms. The van der Waals surface area contributed by atoms with Crippen molar-refractivity contribution in [2.45, 2.75) is 45.4 Å². The summed E-state index contributed by atoms with van der Waals surface area (Å²) in [6.45, 7) is 8.85. The van der Waals surface area contributed by atoms with E-state index in [1.807, 2.05) is 0 Å². The number of methoxy groups -OCH3 is 1. The molecular formula is C16H29NOSi. The molecule has 0 unspecified atom stereocenters. The van der Waals surface area contributed by atoms with Gasteiger partial charge in [-0.05, 0) is 11.7 Å². The molecule has 0 aliphatic carbocycles. The van der Waals surface area contributed by atoms with E-state index in [9.17, 15) is 0 Å². The van der Waals surface area contributed by atoms with Crippen molar-refractivity contribution in [1.29, 1.82) is 0 Å². The Kier molecular flexibility index (Phi) is 7.35. The average molecular weight is 279 g/mol. The maximum absolute atomic E-state index is 5.40. The molecule has 0 N–H and O–H groups in total. The van der Waals surface area contributed by atoms with Gasteiger partial charge in [0.15, 0.2) is 0 Å². The van der Waals surface area contributed by atoms with Crippen molar-refractivity contribution in [2.24, 2.45) is 0 Å². The van der Waals surface area contributed by atoms with E-state index in [0.29, 0.717) is 0 Å². The van der Waals surface area contributed by atoms with Crippen LogP contribution in [0.5, 0.6) is 0 Å². The molecule has 1 rings (SSSR count). The van der Waals surface area contributed by atoms with E-state index in [2.05, 4.69) is 56.0 Å². The summed E-state index contributed by atoms with van der Waals surface area (Å²) in [4.78, 5) is 2.48. The van der Waals surface area contributed by atoms with Gasteiger partial charge in [-0.15, -0.1) is 0 Å². The van der Waals surface area contributed by atoms with Crippen LogP contribution in [0.2, 0.25) is 18.1 Å². The lowest BCUT2D eigenvalue weighted by molar-refractivity contribution is 0.0693. The second kappa shape index (κ2) is 8.51. The summed E-state index contributed by atoms with van der Waals surface area (Å²) < 4.78 is 5.40. The normalized spacial score (nSPS) is 12.1. The number of rotatable bonds is 9. The monoisotopic (exact) mass is 279 g/mol. The van der Waals surface area contributed by atoms with Crippen molar-refractivity contribution in [3.63, 3.8) is 0 Å². The van der Waals surface area contributed by atoms with Crippen LogP contribution in [0.1, 0.15) is 26.3 Å². The van der Waals surface area contributed by atoms with Gasteiger partial charge in [0.25, 0.3) is 0 Å². The molecule has 0 fully saturated rings. The third kappa shape index (κ3) is 5.09. The quantitative estimate of drug-likeness (QED) is 0.497. The lowest BCUT2D eigenvalue weighted by atomic mass is 10.2. The Morgan fingerprint density at radius 1 is 1.00 bits per heavy atom. The highest BCUT2D eigenvalue weighted by atomic mass is 28.3. The summed E-state index contributed by atoms with van der Waals surface area (Å²) in [5.74, 6) is 0. The maximum Gasteiger partial charge on any atom is 0.0986 e. The number of ether oxygens (including phenoxy) is 1. The van der Waals surface area contributed by atoms with Crippen molar-refractivity contribution in [2.75, 3.05) is 20.0 Å². The third-order valence-corrected chi connectivity index (χ3v) is 9.99. The molecule has 1 aromatic rings. The van der Waals surface area contributed by atoms with Crippen molar-refractivity contribution in [3.8, 4) is 0 Å². The molecule has 0 bridgehead atoms. The van der Waals surface area contributed by atoms with E-state index in [1.54, 1.807) is 7.11 Å². The van der Waals surface area contributed by atoms with Gasteiger partial charge >= 0.3 is 0 Å². The zero-order valence-electron chi connectivity index (χ0n) is 13.0. The second-order valence-corrected chi connectivity index (χ2v) is 10.9. The number of benzene rings is 1. The second-order valence-electron chi connectivity index (χ2n) is 5.45. The minimum absolute atomic E-state index is 0.740. The summed E-state index contributed by atoms with van der Waals surface area (Å²) in [5.41, 5.74) is 1.38. The van der Waals surface area contributed by atoms with Crippen LogP contribution in [0.25, 0.3) is 0 Å². The van der Waals surface area contributed by atoms with E-state index in [1.165, 1.54) is 29.9 Å². The molecule has 0 saturated heterocycles. The first kappa shape index (κ1) is 16.4. The first-order valence-corrected chi connectivity index (χ1v) is 10.3. The largest absolute Gasteiger partial charge is 0.369 e. The molecular weight excluding hydrogens is 250 g/mol. The van der Waals surface area contributed by atoms with Gasteiger partial charge < -0.3 is 4.74 Å². The van der Waals surface area contributed by atoms with Crippen LogP contribution in [0.4, 0.5) is 0 Å². The minimum Gasteiger partial charge on any atom is -0.369 e. The van der Waals surface area contributed by atoms with Crippen LogP contribution in [0, 0.1) is 0 Å². The van der Waals surface area contributed by atoms with Gasteiger partial charge in [0, 0.05) is 13.7 Å². The third-order valence-electron chi connectivity index (χ3n) is 4.37. The lowest BCUT2D eigenvalue weighted by Crippen LogP contribution is -2.46. The van der Waals surface area contributed by atoms with E-state index in [4.69, 9.17) is 4.74 Å². The van der Waals surface area contributed by atoms with E-state index in [-0.39, 0.29) is 0 Å². The van der Waals surface area contributed by atoms with Gasteiger partial charge in [0.2, 0.25) is 0 Å². The van der Waals surface area contributed by atoms with Crippen LogP contribution in [0.3, 0.4) is 0 Å². The molecule has 0 aromatic heterocycles. The van der Waals surface area contributed by atoms with Gasteiger partial charge in [-0.1, -0.05) is 69.2 Å². The first-order chi connectivity index (χ1) is 9.19. The first-order valence-electron chi connectivity index (χ1n) is 7.45. The zero-order chi connectivity index (χ0) is 14.1. The summed E-state index contributed by atoms with van der Waals surface area (Å²) >= 11 is 0. The lowest BCUT2D eigenvalue weighted by Gasteiger charge is -2.34. The molecule has 0 aliphatic rings. The maximum atomic E-state index is 5.40. The highest BCUT2D eigenvalue weighted by Crippen LogP contribution is 2.22. The van der Waals surface area contributed by atoms with Gasteiger partial charge in [-0.2, -0.15) is 0 Å². The Morgan fingerprint density at radius 3 is 2.05 bits per heavy atom. The topological polar surface area (TPSA) is 12.5 Å². The smallest absolute Gasteiger partial charge is 0.0986 e. The summed E-state index contributed by atoms with van der Waals surface area (Å²) in [5, 5.41) is 0. The summed E-state index contributed by atoms with van der Waals surface area (Å²) in [7, 11) is 0.671. The van der Waals surface area contributed by atoms with Gasteiger partial charge in [-0.25, -0.2) is 0 Å². The fraction of sp³-hybridized carbons (Fsp3) is 0.625. The average Bonchev–Trinajstić information content (AvgIpc) is 2.46. The Hall–Kier alpha value is -0.643. The highest BCUT2D eigenvalue weighted by Gasteiger charge is 2.29. The summed E-state index contributed by atoms with van der Waals surface area (Å²) in [6.07, 6.45) is 1.25. The Balaban J connectivity index is 2.71. The van der Waals surface area contributed by atoms with Crippen molar-refractivity contribution >= 4 is 8.07 Å². The predicted octanol–water partition coefficient (Wildman–Crippen LogP) is 4.14. The number of nitrogens with zero attached hydrogens (tertiary/aromatic N) is 1. The van der Waals surface area contributed by atoms with E-state index < -0.39 is 8.07 Å². The van der Waals surface area contributed by atoms with Crippen LogP contribution >= 0.6 is 0 Å². The predicted molar refractivity (Wildman–Crippen MR) is 85.9 cm³/mol. The molecule has 0 atom stereocenters. The molecule has 2 nitrogen and oxygen atoms in total. The molecule has 0 heterocycles. The zero-order valence-corrected chi connectivity index (χ0v) is 14.0. The summed E-state index contributed by atoms with van der Waals surface area (Å²) in [6, 6.07) is 14.8. The van der Waals surface area contributed by atoms with Gasteiger partial charge in [0.05, 0.1) is 14.8 Å². The van der Waals surface area contributed by atoms with Crippen molar-refractivity contribution in [3.05, 3.63) is 35.9 Å². The van der Waals surface area contributed by atoms with E-state index in [0.717, 1.165) is 13.3 Å². The molecule has 0 radical (unpaired) electrons. The van der Waals surface area contributed by atoms with Crippen LogP contribution in [-0.2, 0) is 11.3 Å². The molecule has 3 heteroatoms. The molecule has 0 spiro atoms. The fourth-order valence-electron chi connectivity index (χ4n) is 2.73. The minimum atomic E-state index is -1.13. The van der Waals surface area contributed by atoms with Gasteiger partial charge in [-0.3, -0.25) is 4.90 Å². The van der Waals surface area contributed by atoms with Gasteiger partial charge in [0.1, 0.15) is 0 Å². The highest BCUT2D eigenvalue weighted by molar-refractivity contribution is 6.79. The van der Waals surface area contributed by atoms with Crippen molar-refractivity contribution in [1.82, 2.24) is 4.90 Å². The Labute approximate surface area is 119 Å². The van der Waals surface area contributed by atoms with E-state index >= 15 is 0 Å². The van der Waals surface area contributed by atoms with Crippen LogP contribution < -0.4 is 0 Å². The fourth-order valence-corrected chi connectivity index (χ4v) is 6.05. The SMILES string of the molecule is CC[Si](CC)(CC)CN(COC)Cc1ccccc1. The van der Waals surface area contributed by atoms with Crippen molar-refractivity contribution < 1.29 is 4.74 Å². The molecule has 0 saturated carbocycles. The molecule has 0 amide bonds. The molecule has 0 aliphatic heterocycles. The van der Waals surface area contributed by atoms with Crippen LogP contribution in [0.15, 0.2) is 30.3 Å². The molecule has 1 aromatic carbocycles. The Morgan fingerprint density at radius 2 is 1.58 bits per heavy atom.